The van der Waals surface area contributed by atoms with Gasteiger partial charge in [0.15, 0.2) is 0 Å². The molecule has 4 heteroatoms. The first-order valence-electron chi connectivity index (χ1n) is 6.61. The molecule has 1 amide bonds. The number of amides is 1. The Morgan fingerprint density at radius 1 is 1.42 bits per heavy atom. The van der Waals surface area contributed by atoms with E-state index in [-0.39, 0.29) is 5.91 Å². The molecule has 1 N–H and O–H groups in total. The molecule has 0 spiro atoms. The van der Waals surface area contributed by atoms with Crippen molar-refractivity contribution in [2.45, 2.75) is 27.2 Å². The van der Waals surface area contributed by atoms with Crippen LogP contribution < -0.4 is 5.32 Å². The molecule has 0 saturated heterocycles. The summed E-state index contributed by atoms with van der Waals surface area (Å²) < 4.78 is 0. The maximum absolute atomic E-state index is 12.1. The quantitative estimate of drug-likeness (QED) is 0.630. The summed E-state index contributed by atoms with van der Waals surface area (Å²) in [6.07, 6.45) is 2.45. The van der Waals surface area contributed by atoms with Crippen molar-refractivity contribution >= 4 is 11.6 Å². The highest BCUT2D eigenvalue weighted by molar-refractivity contribution is 5.93. The zero-order valence-corrected chi connectivity index (χ0v) is 11.9. The Morgan fingerprint density at radius 2 is 2.16 bits per heavy atom. The van der Waals surface area contributed by atoms with Crippen LogP contribution in [0.1, 0.15) is 37.7 Å². The van der Waals surface area contributed by atoms with Gasteiger partial charge in [-0.25, -0.2) is 0 Å². The van der Waals surface area contributed by atoms with Gasteiger partial charge in [-0.2, -0.15) is 0 Å². The van der Waals surface area contributed by atoms with E-state index in [1.54, 1.807) is 17.2 Å². The van der Waals surface area contributed by atoms with E-state index in [1.165, 1.54) is 0 Å². The summed E-state index contributed by atoms with van der Waals surface area (Å²) in [6.45, 7) is 7.92. The minimum Gasteiger partial charge on any atom is -0.384 e. The normalized spacial score (nSPS) is 9.42. The van der Waals surface area contributed by atoms with E-state index >= 15 is 0 Å². The summed E-state index contributed by atoms with van der Waals surface area (Å²) in [7, 11) is 0. The first-order chi connectivity index (χ1) is 9.22. The lowest BCUT2D eigenvalue weighted by atomic mass is 10.2. The van der Waals surface area contributed by atoms with Crippen LogP contribution in [0.4, 0.5) is 5.69 Å². The number of nitrogens with one attached hydrogen (secondary N) is 1. The Kier molecular flexibility index (Phi) is 6.45. The predicted octanol–water partition coefficient (Wildman–Crippen LogP) is 2.39. The van der Waals surface area contributed by atoms with Crippen LogP contribution in [0.15, 0.2) is 18.3 Å². The Bertz CT molecular complexity index is 470. The third kappa shape index (κ3) is 4.63. The van der Waals surface area contributed by atoms with Gasteiger partial charge in [-0.3, -0.25) is 9.78 Å². The van der Waals surface area contributed by atoms with Gasteiger partial charge in [0.05, 0.1) is 0 Å². The van der Waals surface area contributed by atoms with E-state index in [0.29, 0.717) is 18.8 Å². The van der Waals surface area contributed by atoms with Crippen molar-refractivity contribution < 1.29 is 4.79 Å². The monoisotopic (exact) mass is 259 g/mol. The van der Waals surface area contributed by atoms with Gasteiger partial charge in [0.25, 0.3) is 5.91 Å². The van der Waals surface area contributed by atoms with E-state index < -0.39 is 0 Å². The molecule has 1 aromatic rings. The van der Waals surface area contributed by atoms with Crippen LogP contribution in [0.3, 0.4) is 0 Å². The minimum absolute atomic E-state index is 0.0259. The molecule has 4 nitrogen and oxygen atoms in total. The van der Waals surface area contributed by atoms with Crippen LogP contribution in [-0.2, 0) is 0 Å². The number of nitrogens with zero attached hydrogens (tertiary/aromatic N) is 2. The average molecular weight is 259 g/mol. The maximum atomic E-state index is 12.1. The fourth-order valence-electron chi connectivity index (χ4n) is 1.72. The molecular weight excluding hydrogens is 238 g/mol. The second-order valence-electron chi connectivity index (χ2n) is 4.01. The number of hydrogen-bond donors (Lipinski definition) is 1. The summed E-state index contributed by atoms with van der Waals surface area (Å²) in [5.41, 5.74) is 1.39. The van der Waals surface area contributed by atoms with Crippen LogP contribution in [0.25, 0.3) is 0 Å². The molecule has 0 aliphatic heterocycles. The molecule has 0 atom stereocenters. The molecule has 1 rings (SSSR count). The fourth-order valence-corrected chi connectivity index (χ4v) is 1.72. The van der Waals surface area contributed by atoms with Gasteiger partial charge in [0.1, 0.15) is 5.69 Å². The summed E-state index contributed by atoms with van der Waals surface area (Å²) in [4.78, 5) is 18.0. The lowest BCUT2D eigenvalue weighted by Gasteiger charge is -2.18. The second-order valence-corrected chi connectivity index (χ2v) is 4.01. The van der Waals surface area contributed by atoms with Gasteiger partial charge in [-0.15, -0.1) is 11.8 Å². The molecule has 0 saturated carbocycles. The van der Waals surface area contributed by atoms with Gasteiger partial charge in [0, 0.05) is 37.9 Å². The van der Waals surface area contributed by atoms with Crippen molar-refractivity contribution in [3.8, 4) is 11.8 Å². The largest absolute Gasteiger partial charge is 0.384 e. The van der Waals surface area contributed by atoms with Crippen molar-refractivity contribution in [3.63, 3.8) is 0 Å². The number of anilines is 1. The van der Waals surface area contributed by atoms with E-state index in [0.717, 1.165) is 18.7 Å². The van der Waals surface area contributed by atoms with Gasteiger partial charge in [0.2, 0.25) is 0 Å². The SMILES string of the molecule is CC#CCCNc1ccnc(C(=O)N(CC)CC)c1. The minimum atomic E-state index is -0.0259. The number of aromatic nitrogens is 1. The zero-order valence-electron chi connectivity index (χ0n) is 11.9. The molecular formula is C15H21N3O. The molecule has 0 radical (unpaired) electrons. The van der Waals surface area contributed by atoms with Crippen molar-refractivity contribution in [1.82, 2.24) is 9.88 Å². The Hall–Kier alpha value is -2.02. The number of pyridine rings is 1. The van der Waals surface area contributed by atoms with Crippen LogP contribution >= 0.6 is 0 Å². The topological polar surface area (TPSA) is 45.2 Å². The first kappa shape index (κ1) is 15.0. The molecule has 0 aliphatic carbocycles. The number of carbonyl (C=O) groups excluding carboxylic acids is 1. The first-order valence-corrected chi connectivity index (χ1v) is 6.61. The number of hydrogen-bond acceptors (Lipinski definition) is 3. The molecule has 1 heterocycles. The molecule has 0 fully saturated rings. The van der Waals surface area contributed by atoms with Gasteiger partial charge < -0.3 is 10.2 Å². The van der Waals surface area contributed by atoms with Crippen LogP contribution in [0.5, 0.6) is 0 Å². The third-order valence-corrected chi connectivity index (χ3v) is 2.79. The molecule has 19 heavy (non-hydrogen) atoms. The maximum Gasteiger partial charge on any atom is 0.272 e. The Balaban J connectivity index is 2.70. The molecule has 0 aromatic carbocycles. The highest BCUT2D eigenvalue weighted by Crippen LogP contribution is 2.10. The molecule has 0 aliphatic rings. The molecule has 102 valence electrons. The van der Waals surface area contributed by atoms with E-state index in [1.807, 2.05) is 26.8 Å². The smallest absolute Gasteiger partial charge is 0.272 e. The lowest BCUT2D eigenvalue weighted by molar-refractivity contribution is 0.0767. The summed E-state index contributed by atoms with van der Waals surface area (Å²) >= 11 is 0. The predicted molar refractivity (Wildman–Crippen MR) is 78.0 cm³/mol. The van der Waals surface area contributed by atoms with Crippen molar-refractivity contribution in [2.24, 2.45) is 0 Å². The van der Waals surface area contributed by atoms with Crippen LogP contribution in [-0.4, -0.2) is 35.4 Å². The van der Waals surface area contributed by atoms with Crippen molar-refractivity contribution in [1.29, 1.82) is 0 Å². The Labute approximate surface area is 115 Å². The fraction of sp³-hybridized carbons (Fsp3) is 0.467. The van der Waals surface area contributed by atoms with Crippen LogP contribution in [0.2, 0.25) is 0 Å². The van der Waals surface area contributed by atoms with Gasteiger partial charge in [-0.05, 0) is 32.9 Å². The van der Waals surface area contributed by atoms with E-state index in [9.17, 15) is 4.79 Å². The van der Waals surface area contributed by atoms with E-state index in [2.05, 4.69) is 22.1 Å². The van der Waals surface area contributed by atoms with Gasteiger partial charge >= 0.3 is 0 Å². The number of rotatable bonds is 6. The van der Waals surface area contributed by atoms with E-state index in [4.69, 9.17) is 0 Å². The lowest BCUT2D eigenvalue weighted by Crippen LogP contribution is -2.31. The van der Waals surface area contributed by atoms with Crippen LogP contribution in [0, 0.1) is 11.8 Å². The average Bonchev–Trinajstić information content (AvgIpc) is 2.45. The second kappa shape index (κ2) is 8.15. The molecule has 0 unspecified atom stereocenters. The molecule has 1 aromatic heterocycles. The van der Waals surface area contributed by atoms with Crippen molar-refractivity contribution in [2.75, 3.05) is 25.0 Å². The highest BCUT2D eigenvalue weighted by Gasteiger charge is 2.13. The molecule has 0 bridgehead atoms. The number of carbonyl (C=O) groups is 1. The van der Waals surface area contributed by atoms with Crippen molar-refractivity contribution in [3.05, 3.63) is 24.0 Å². The summed E-state index contributed by atoms with van der Waals surface area (Å²) in [5.74, 6) is 5.81. The third-order valence-electron chi connectivity index (χ3n) is 2.79. The van der Waals surface area contributed by atoms with Gasteiger partial charge in [-0.1, -0.05) is 0 Å². The highest BCUT2D eigenvalue weighted by atomic mass is 16.2. The zero-order chi connectivity index (χ0) is 14.1. The summed E-state index contributed by atoms with van der Waals surface area (Å²) in [6, 6.07) is 3.65. The standard InChI is InChI=1S/C15H21N3O/c1-4-7-8-10-16-13-9-11-17-14(12-13)15(19)18(5-2)6-3/h9,11-12H,5-6,8,10H2,1-3H3,(H,16,17). The Morgan fingerprint density at radius 3 is 2.79 bits per heavy atom. The summed E-state index contributed by atoms with van der Waals surface area (Å²) in [5, 5.41) is 3.24.